The number of alkyl halides is 1. The zero-order valence-electron chi connectivity index (χ0n) is 26.6. The average molecular weight is 817 g/mol. The number of H-pyrrole nitrogens is 1. The van der Waals surface area contributed by atoms with Gasteiger partial charge in [0.1, 0.15) is 14.7 Å². The Morgan fingerprint density at radius 3 is 1.92 bits per heavy atom. The number of carbonyl (C=O) groups is 1. The van der Waals surface area contributed by atoms with Crippen LogP contribution in [0.4, 0.5) is 11.4 Å². The van der Waals surface area contributed by atoms with Gasteiger partial charge in [-0.2, -0.15) is 25.3 Å². The number of aromatic nitrogens is 2. The molecule has 0 atom stereocenters. The fourth-order valence-electron chi connectivity index (χ4n) is 4.84. The molecule has 0 fully saturated rings. The van der Waals surface area contributed by atoms with Crippen molar-refractivity contribution in [1.29, 1.82) is 0 Å². The van der Waals surface area contributed by atoms with Gasteiger partial charge in [-0.1, -0.05) is 24.3 Å². The average Bonchev–Trinajstić information content (AvgIpc) is 3.36. The van der Waals surface area contributed by atoms with Gasteiger partial charge in [0.25, 0.3) is 41.8 Å². The minimum Gasteiger partial charge on any atom is -0.398 e. The summed E-state index contributed by atoms with van der Waals surface area (Å²) in [4.78, 5) is 22.6. The molecule has 1 heterocycles. The van der Waals surface area contributed by atoms with Crippen LogP contribution in [0.2, 0.25) is 0 Å². The summed E-state index contributed by atoms with van der Waals surface area (Å²) in [5, 5.41) is 4.94. The normalized spacial score (nSPS) is 12.2. The first kappa shape index (κ1) is 40.2. The summed E-state index contributed by atoms with van der Waals surface area (Å²) in [6.45, 7) is 1.60. The van der Waals surface area contributed by atoms with Gasteiger partial charge in [0.05, 0.1) is 22.9 Å². The van der Waals surface area contributed by atoms with Gasteiger partial charge in [0.15, 0.2) is 9.84 Å². The summed E-state index contributed by atoms with van der Waals surface area (Å²) in [6, 6.07) is 16.6. The zero-order chi connectivity index (χ0) is 38.8. The van der Waals surface area contributed by atoms with E-state index in [1.54, 1.807) is 6.92 Å². The molecule has 0 unspecified atom stereocenters. The number of benzene rings is 4. The lowest BCUT2D eigenvalue weighted by molar-refractivity contribution is 0.102. The number of hydrogen-bond donors (Lipinski definition) is 6. The van der Waals surface area contributed by atoms with E-state index in [9.17, 15) is 52.4 Å². The van der Waals surface area contributed by atoms with Gasteiger partial charge in [0.2, 0.25) is 0 Å². The largest absolute Gasteiger partial charge is 0.398 e. The molecular formula is C30H29ClN4O13S4. The number of aromatic amines is 1. The van der Waals surface area contributed by atoms with Crippen LogP contribution in [-0.4, -0.2) is 74.6 Å². The topological polar surface area (TPSA) is 290 Å². The van der Waals surface area contributed by atoms with Crippen molar-refractivity contribution in [2.75, 3.05) is 22.7 Å². The Kier molecular flexibility index (Phi) is 11.7. The third-order valence-corrected chi connectivity index (χ3v) is 11.8. The van der Waals surface area contributed by atoms with Crippen LogP contribution in [0.1, 0.15) is 21.6 Å². The lowest BCUT2D eigenvalue weighted by Gasteiger charge is -2.11. The molecule has 0 bridgehead atoms. The van der Waals surface area contributed by atoms with Crippen molar-refractivity contribution in [3.8, 4) is 5.69 Å². The molecule has 52 heavy (non-hydrogen) atoms. The van der Waals surface area contributed by atoms with Gasteiger partial charge in [-0.25, -0.2) is 13.1 Å². The molecule has 278 valence electrons. The first-order chi connectivity index (χ1) is 24.0. The maximum absolute atomic E-state index is 12.3. The number of nitrogens with one attached hydrogen (secondary N) is 2. The van der Waals surface area contributed by atoms with Crippen molar-refractivity contribution >= 4 is 79.8 Å². The lowest BCUT2D eigenvalue weighted by Crippen LogP contribution is -2.14. The molecule has 0 aliphatic rings. The van der Waals surface area contributed by atoms with Gasteiger partial charge in [-0.3, -0.25) is 28.3 Å². The summed E-state index contributed by atoms with van der Waals surface area (Å²) >= 11 is 5.45. The number of anilines is 2. The highest BCUT2D eigenvalue weighted by atomic mass is 35.5. The predicted octanol–water partition coefficient (Wildman–Crippen LogP) is 3.04. The fraction of sp³-hybridized carbons (Fsp3) is 0.133. The quantitative estimate of drug-likeness (QED) is 0.0671. The number of carbonyl (C=O) groups excluding carboxylic acids is 1. The molecule has 0 radical (unpaired) electrons. The van der Waals surface area contributed by atoms with Crippen molar-refractivity contribution in [3.63, 3.8) is 0 Å². The first-order valence-electron chi connectivity index (χ1n) is 14.3. The molecule has 7 N–H and O–H groups in total. The number of nitrogens with two attached hydrogens (primary N) is 1. The van der Waals surface area contributed by atoms with Crippen LogP contribution < -0.4 is 16.6 Å². The van der Waals surface area contributed by atoms with Gasteiger partial charge in [0, 0.05) is 39.7 Å². The third kappa shape index (κ3) is 9.83. The van der Waals surface area contributed by atoms with E-state index in [0.29, 0.717) is 11.3 Å². The van der Waals surface area contributed by atoms with Crippen LogP contribution in [0.25, 0.3) is 16.5 Å². The highest BCUT2D eigenvalue weighted by Gasteiger charge is 2.22. The Hall–Kier alpha value is -4.61. The molecule has 17 nitrogen and oxygen atoms in total. The Morgan fingerprint density at radius 1 is 0.788 bits per heavy atom. The fourth-order valence-corrected chi connectivity index (χ4v) is 8.65. The van der Waals surface area contributed by atoms with Crippen LogP contribution in [0.15, 0.2) is 98.3 Å². The Bertz CT molecular complexity index is 2690. The molecule has 4 aromatic carbocycles. The number of nitrogen functional groups attached to an aromatic ring is 1. The van der Waals surface area contributed by atoms with Crippen molar-refractivity contribution in [3.05, 3.63) is 106 Å². The van der Waals surface area contributed by atoms with E-state index in [2.05, 4.69) is 10.4 Å². The maximum atomic E-state index is 12.3. The second-order valence-electron chi connectivity index (χ2n) is 11.0. The van der Waals surface area contributed by atoms with E-state index < -0.39 is 66.3 Å². The molecule has 22 heteroatoms. The third-order valence-electron chi connectivity index (χ3n) is 7.10. The highest BCUT2D eigenvalue weighted by molar-refractivity contribution is 7.90. The number of hydrogen-bond acceptors (Lipinski definition) is 11. The maximum Gasteiger partial charge on any atom is 0.296 e. The van der Waals surface area contributed by atoms with E-state index in [0.717, 1.165) is 22.9 Å². The Balaban J connectivity index is 0.000000233. The number of rotatable bonds is 10. The van der Waals surface area contributed by atoms with E-state index >= 15 is 0 Å². The van der Waals surface area contributed by atoms with E-state index in [1.165, 1.54) is 60.7 Å². The minimum atomic E-state index is -4.73. The first-order valence-corrected chi connectivity index (χ1v) is 21.0. The van der Waals surface area contributed by atoms with Crippen LogP contribution in [0.5, 0.6) is 0 Å². The number of fused-ring (bicyclic) bond motifs is 1. The highest BCUT2D eigenvalue weighted by Crippen LogP contribution is 2.31. The molecule has 0 aliphatic heterocycles. The molecular weight excluding hydrogens is 788 g/mol. The molecule has 0 saturated heterocycles. The summed E-state index contributed by atoms with van der Waals surface area (Å²) in [5.74, 6) is -0.779. The molecule has 0 spiro atoms. The minimum absolute atomic E-state index is 0.0162. The second-order valence-corrected chi connectivity index (χ2v) is 17.7. The van der Waals surface area contributed by atoms with Crippen molar-refractivity contribution in [2.24, 2.45) is 0 Å². The second kappa shape index (κ2) is 15.2. The molecule has 0 aliphatic carbocycles. The van der Waals surface area contributed by atoms with Crippen LogP contribution in [0.3, 0.4) is 0 Å². The van der Waals surface area contributed by atoms with Crippen molar-refractivity contribution in [2.45, 2.75) is 27.4 Å². The van der Waals surface area contributed by atoms with E-state index in [-0.39, 0.29) is 50.8 Å². The number of sulfone groups is 1. The number of nitrogens with zero attached hydrogens (tertiary/aromatic N) is 1. The molecule has 1 aromatic heterocycles. The van der Waals surface area contributed by atoms with Gasteiger partial charge >= 0.3 is 0 Å². The number of aryl methyl sites for hydroxylation is 1. The predicted molar refractivity (Wildman–Crippen MR) is 192 cm³/mol. The van der Waals surface area contributed by atoms with Crippen LogP contribution in [0, 0.1) is 6.92 Å². The summed E-state index contributed by atoms with van der Waals surface area (Å²) in [6.07, 6.45) is 0. The van der Waals surface area contributed by atoms with E-state index in [1.807, 2.05) is 0 Å². The molecule has 5 rings (SSSR count). The van der Waals surface area contributed by atoms with Gasteiger partial charge in [-0.15, -0.1) is 11.6 Å². The number of halogens is 1. The summed E-state index contributed by atoms with van der Waals surface area (Å²) in [5.41, 5.74) is 6.34. The van der Waals surface area contributed by atoms with Crippen LogP contribution >= 0.6 is 11.6 Å². The zero-order valence-corrected chi connectivity index (χ0v) is 30.6. The SMILES string of the molecule is Cc1cc(=O)n(-c2cc(S(=O)(=O)O)c3cccc(S(=O)(=O)O)c3c2)[nH]1.Nc1cc(NC(=O)c2ccc(CS(=O)(=O)CCCl)cc2)ccc1S(=O)(=O)O. The summed E-state index contributed by atoms with van der Waals surface area (Å²) < 4.78 is 121. The molecule has 1 amide bonds. The van der Waals surface area contributed by atoms with Crippen molar-refractivity contribution < 1.29 is 52.1 Å². The monoisotopic (exact) mass is 816 g/mol. The van der Waals surface area contributed by atoms with Crippen LogP contribution in [-0.2, 0) is 45.9 Å². The smallest absolute Gasteiger partial charge is 0.296 e. The lowest BCUT2D eigenvalue weighted by atomic mass is 10.1. The van der Waals surface area contributed by atoms with E-state index in [4.69, 9.17) is 21.9 Å². The Morgan fingerprint density at radius 2 is 1.40 bits per heavy atom. The van der Waals surface area contributed by atoms with Crippen molar-refractivity contribution in [1.82, 2.24) is 9.78 Å². The standard InChI is InChI=1S/C16H17ClN2O6S2.C14H12N2O7S2/c17-7-8-26(21,22)10-11-1-3-12(4-2-11)16(20)19-13-5-6-15(14(18)9-13)27(23,24)25;1-8-5-14(17)16(15-8)9-6-11-10(13(7-9)25(21,22)23)3-2-4-12(11)24(18,19)20/h1-6,9H,7-8,10,18H2,(H,19,20)(H,23,24,25);2-7,15H,1H3,(H,18,19,20)(H,21,22,23). The van der Waals surface area contributed by atoms with Gasteiger partial charge < -0.3 is 11.1 Å². The summed E-state index contributed by atoms with van der Waals surface area (Å²) in [7, 11) is -17.2. The Labute approximate surface area is 302 Å². The molecule has 5 aromatic rings. The van der Waals surface area contributed by atoms with Gasteiger partial charge in [-0.05, 0) is 61.0 Å². The number of amides is 1. The molecule has 0 saturated carbocycles.